The fourth-order valence-corrected chi connectivity index (χ4v) is 2.60. The molecule has 1 saturated carbocycles. The van der Waals surface area contributed by atoms with Crippen molar-refractivity contribution >= 4 is 0 Å². The molecular weight excluding hydrogens is 202 g/mol. The predicted molar refractivity (Wildman–Crippen MR) is 66.5 cm³/mol. The van der Waals surface area contributed by atoms with Crippen LogP contribution in [0.1, 0.15) is 39.5 Å². The van der Waals surface area contributed by atoms with Crippen LogP contribution in [0.3, 0.4) is 0 Å². The molecule has 3 unspecified atom stereocenters. The third-order valence-electron chi connectivity index (χ3n) is 3.76. The molecule has 0 aromatic rings. The summed E-state index contributed by atoms with van der Waals surface area (Å²) in [6.07, 6.45) is 4.69. The van der Waals surface area contributed by atoms with Crippen molar-refractivity contribution in [3.63, 3.8) is 0 Å². The van der Waals surface area contributed by atoms with Gasteiger partial charge >= 0.3 is 0 Å². The number of nitrogens with one attached hydrogen (secondary N) is 1. The molecule has 0 amide bonds. The molecule has 16 heavy (non-hydrogen) atoms. The van der Waals surface area contributed by atoms with E-state index in [0.29, 0.717) is 30.5 Å². The highest BCUT2D eigenvalue weighted by molar-refractivity contribution is 4.86. The van der Waals surface area contributed by atoms with Gasteiger partial charge in [0.1, 0.15) is 0 Å². The first kappa shape index (κ1) is 13.9. The summed E-state index contributed by atoms with van der Waals surface area (Å²) in [6, 6.07) is 1.02. The van der Waals surface area contributed by atoms with Crippen LogP contribution in [-0.4, -0.2) is 37.5 Å². The van der Waals surface area contributed by atoms with Gasteiger partial charge in [-0.15, -0.1) is 0 Å². The minimum absolute atomic E-state index is 0.326. The molecule has 0 heterocycles. The van der Waals surface area contributed by atoms with Gasteiger partial charge in [-0.2, -0.15) is 0 Å². The van der Waals surface area contributed by atoms with Crippen molar-refractivity contribution in [2.75, 3.05) is 20.3 Å². The molecule has 0 aliphatic heterocycles. The van der Waals surface area contributed by atoms with E-state index in [2.05, 4.69) is 19.2 Å². The Morgan fingerprint density at radius 1 is 1.38 bits per heavy atom. The number of aliphatic hydroxyl groups excluding tert-OH is 1. The number of hydrogen-bond donors (Lipinski definition) is 2. The highest BCUT2D eigenvalue weighted by atomic mass is 16.5. The van der Waals surface area contributed by atoms with E-state index in [9.17, 15) is 5.11 Å². The number of ether oxygens (including phenoxy) is 1. The molecule has 2 N–H and O–H groups in total. The fourth-order valence-electron chi connectivity index (χ4n) is 2.60. The van der Waals surface area contributed by atoms with E-state index in [1.165, 1.54) is 19.3 Å². The summed E-state index contributed by atoms with van der Waals surface area (Å²) in [5, 5.41) is 13.0. The van der Waals surface area contributed by atoms with Gasteiger partial charge in [-0.3, -0.25) is 0 Å². The molecule has 0 aromatic carbocycles. The van der Waals surface area contributed by atoms with Gasteiger partial charge < -0.3 is 15.2 Å². The monoisotopic (exact) mass is 229 g/mol. The van der Waals surface area contributed by atoms with Gasteiger partial charge in [0.15, 0.2) is 0 Å². The lowest BCUT2D eigenvalue weighted by Gasteiger charge is -2.29. The molecule has 1 aliphatic rings. The summed E-state index contributed by atoms with van der Waals surface area (Å²) in [4.78, 5) is 0. The maximum Gasteiger partial charge on any atom is 0.0477 e. The standard InChI is InChI=1S/C13H27NO2/c1-10(2)12(7-8-16-3)14-13-6-4-5-11(13)9-15/h10-15H,4-9H2,1-3H3. The molecule has 96 valence electrons. The topological polar surface area (TPSA) is 41.5 Å². The molecule has 0 spiro atoms. The van der Waals surface area contributed by atoms with Crippen LogP contribution in [0.4, 0.5) is 0 Å². The molecule has 3 nitrogen and oxygen atoms in total. The third kappa shape index (κ3) is 4.04. The van der Waals surface area contributed by atoms with Crippen LogP contribution in [-0.2, 0) is 4.74 Å². The first-order valence-corrected chi connectivity index (χ1v) is 6.54. The van der Waals surface area contributed by atoms with Gasteiger partial charge in [0.2, 0.25) is 0 Å². The second kappa shape index (κ2) is 7.25. The van der Waals surface area contributed by atoms with Gasteiger partial charge in [0.25, 0.3) is 0 Å². The summed E-state index contributed by atoms with van der Waals surface area (Å²) in [5.41, 5.74) is 0. The van der Waals surface area contributed by atoms with E-state index in [0.717, 1.165) is 13.0 Å². The van der Waals surface area contributed by atoms with Crippen molar-refractivity contribution in [3.05, 3.63) is 0 Å². The molecule has 0 bridgehead atoms. The average Bonchev–Trinajstić information content (AvgIpc) is 2.70. The Labute approximate surface area is 99.6 Å². The summed E-state index contributed by atoms with van der Waals surface area (Å²) in [6.45, 7) is 5.63. The Balaban J connectivity index is 2.40. The van der Waals surface area contributed by atoms with Crippen molar-refractivity contribution in [3.8, 4) is 0 Å². The molecule has 1 aliphatic carbocycles. The van der Waals surface area contributed by atoms with Gasteiger partial charge in [0, 0.05) is 32.4 Å². The Bertz CT molecular complexity index is 185. The highest BCUT2D eigenvalue weighted by Crippen LogP contribution is 2.26. The second-order valence-electron chi connectivity index (χ2n) is 5.28. The first-order valence-electron chi connectivity index (χ1n) is 6.54. The van der Waals surface area contributed by atoms with Crippen molar-refractivity contribution in [1.29, 1.82) is 0 Å². The predicted octanol–water partition coefficient (Wildman–Crippen LogP) is 1.80. The Kier molecular flexibility index (Phi) is 6.32. The number of rotatable bonds is 7. The summed E-state index contributed by atoms with van der Waals surface area (Å²) in [7, 11) is 1.75. The SMILES string of the molecule is COCCC(NC1CCCC1CO)C(C)C. The van der Waals surface area contributed by atoms with Crippen LogP contribution in [0, 0.1) is 11.8 Å². The van der Waals surface area contributed by atoms with Crippen LogP contribution >= 0.6 is 0 Å². The molecule has 3 heteroatoms. The fraction of sp³-hybridized carbons (Fsp3) is 1.00. The maximum atomic E-state index is 9.30. The van der Waals surface area contributed by atoms with E-state index in [1.807, 2.05) is 0 Å². The molecule has 1 rings (SSSR count). The lowest BCUT2D eigenvalue weighted by atomic mass is 9.97. The molecule has 1 fully saturated rings. The van der Waals surface area contributed by atoms with Crippen molar-refractivity contribution in [2.45, 2.75) is 51.6 Å². The summed E-state index contributed by atoms with van der Waals surface area (Å²) in [5.74, 6) is 1.08. The van der Waals surface area contributed by atoms with E-state index < -0.39 is 0 Å². The molecule has 0 aromatic heterocycles. The number of hydrogen-bond acceptors (Lipinski definition) is 3. The lowest BCUT2D eigenvalue weighted by molar-refractivity contribution is 0.156. The summed E-state index contributed by atoms with van der Waals surface area (Å²) >= 11 is 0. The normalized spacial score (nSPS) is 27.6. The zero-order valence-corrected chi connectivity index (χ0v) is 10.9. The lowest BCUT2D eigenvalue weighted by Crippen LogP contribution is -2.44. The van der Waals surface area contributed by atoms with Gasteiger partial charge in [0.05, 0.1) is 0 Å². The van der Waals surface area contributed by atoms with E-state index in [-0.39, 0.29) is 0 Å². The van der Waals surface area contributed by atoms with E-state index in [4.69, 9.17) is 4.74 Å². The van der Waals surface area contributed by atoms with Crippen molar-refractivity contribution in [1.82, 2.24) is 5.32 Å². The average molecular weight is 229 g/mol. The Morgan fingerprint density at radius 3 is 2.69 bits per heavy atom. The van der Waals surface area contributed by atoms with Gasteiger partial charge in [-0.05, 0) is 31.1 Å². The second-order valence-corrected chi connectivity index (χ2v) is 5.28. The quantitative estimate of drug-likeness (QED) is 0.699. The minimum atomic E-state index is 0.326. The van der Waals surface area contributed by atoms with Crippen LogP contribution in [0.15, 0.2) is 0 Å². The number of methoxy groups -OCH3 is 1. The third-order valence-corrected chi connectivity index (χ3v) is 3.76. The Morgan fingerprint density at radius 2 is 2.12 bits per heavy atom. The Hall–Kier alpha value is -0.120. The zero-order chi connectivity index (χ0) is 12.0. The first-order chi connectivity index (χ1) is 7.69. The van der Waals surface area contributed by atoms with Gasteiger partial charge in [-0.25, -0.2) is 0 Å². The van der Waals surface area contributed by atoms with E-state index >= 15 is 0 Å². The number of aliphatic hydroxyl groups is 1. The van der Waals surface area contributed by atoms with E-state index in [1.54, 1.807) is 7.11 Å². The molecule has 0 radical (unpaired) electrons. The largest absolute Gasteiger partial charge is 0.396 e. The summed E-state index contributed by atoms with van der Waals surface area (Å²) < 4.78 is 5.15. The highest BCUT2D eigenvalue weighted by Gasteiger charge is 2.28. The minimum Gasteiger partial charge on any atom is -0.396 e. The smallest absolute Gasteiger partial charge is 0.0477 e. The van der Waals surface area contributed by atoms with Crippen molar-refractivity contribution in [2.24, 2.45) is 11.8 Å². The van der Waals surface area contributed by atoms with Gasteiger partial charge in [-0.1, -0.05) is 20.3 Å². The van der Waals surface area contributed by atoms with Crippen LogP contribution in [0.25, 0.3) is 0 Å². The van der Waals surface area contributed by atoms with Crippen molar-refractivity contribution < 1.29 is 9.84 Å². The van der Waals surface area contributed by atoms with Crippen LogP contribution in [0.5, 0.6) is 0 Å². The molecular formula is C13H27NO2. The molecule has 3 atom stereocenters. The van der Waals surface area contributed by atoms with Crippen LogP contribution < -0.4 is 5.32 Å². The zero-order valence-electron chi connectivity index (χ0n) is 10.9. The van der Waals surface area contributed by atoms with Crippen LogP contribution in [0.2, 0.25) is 0 Å². The maximum absolute atomic E-state index is 9.30. The molecule has 0 saturated heterocycles.